The first kappa shape index (κ1) is 19.6. The molecule has 1 N–H and O–H groups in total. The Labute approximate surface area is 167 Å². The number of piperidine rings is 1. The van der Waals surface area contributed by atoms with Gasteiger partial charge in [0.05, 0.1) is 4.90 Å². The van der Waals surface area contributed by atoms with Crippen molar-refractivity contribution in [3.8, 4) is 0 Å². The van der Waals surface area contributed by atoms with Crippen LogP contribution >= 0.6 is 0 Å². The van der Waals surface area contributed by atoms with E-state index in [4.69, 9.17) is 5.11 Å². The number of sulfone groups is 1. The fraction of sp³-hybridized carbons (Fsp3) is 0.350. The highest BCUT2D eigenvalue weighted by molar-refractivity contribution is 7.91. The van der Waals surface area contributed by atoms with Crippen molar-refractivity contribution in [2.45, 2.75) is 35.1 Å². The van der Waals surface area contributed by atoms with Crippen molar-refractivity contribution < 1.29 is 27.1 Å². The number of carboxylic acid groups (broad SMARTS) is 1. The fourth-order valence-corrected chi connectivity index (χ4v) is 5.52. The van der Waals surface area contributed by atoms with Gasteiger partial charge in [0.1, 0.15) is 16.5 Å². The average molecular weight is 422 g/mol. The number of amides is 1. The van der Waals surface area contributed by atoms with E-state index >= 15 is 0 Å². The van der Waals surface area contributed by atoms with Crippen LogP contribution in [-0.4, -0.2) is 50.2 Å². The minimum absolute atomic E-state index is 0.0664. The van der Waals surface area contributed by atoms with Crippen LogP contribution in [0.4, 0.5) is 19.3 Å². The van der Waals surface area contributed by atoms with E-state index in [1.807, 2.05) is 0 Å². The maximum absolute atomic E-state index is 14.0. The Hall–Kier alpha value is -2.68. The van der Waals surface area contributed by atoms with Gasteiger partial charge in [0.25, 0.3) is 0 Å². The lowest BCUT2D eigenvalue weighted by molar-refractivity contribution is 0.131. The summed E-state index contributed by atoms with van der Waals surface area (Å²) in [6, 6.07) is 7.22. The molecule has 2 heterocycles. The lowest BCUT2D eigenvalue weighted by Gasteiger charge is -2.37. The second-order valence-corrected chi connectivity index (χ2v) is 9.23. The van der Waals surface area contributed by atoms with E-state index in [1.165, 1.54) is 17.0 Å². The molecule has 0 bridgehead atoms. The number of rotatable bonds is 3. The number of halogens is 2. The van der Waals surface area contributed by atoms with Gasteiger partial charge in [-0.1, -0.05) is 0 Å². The molecule has 0 aliphatic carbocycles. The number of hydrogen-bond donors (Lipinski definition) is 1. The third-order valence-corrected chi connectivity index (χ3v) is 7.42. The maximum Gasteiger partial charge on any atom is 0.407 e. The second-order valence-electron chi connectivity index (χ2n) is 7.31. The monoisotopic (exact) mass is 422 g/mol. The quantitative estimate of drug-likeness (QED) is 0.821. The van der Waals surface area contributed by atoms with E-state index < -0.39 is 32.5 Å². The van der Waals surface area contributed by atoms with Crippen LogP contribution in [0.2, 0.25) is 0 Å². The van der Waals surface area contributed by atoms with Gasteiger partial charge < -0.3 is 14.9 Å². The molecule has 2 aromatic carbocycles. The van der Waals surface area contributed by atoms with Crippen molar-refractivity contribution in [2.75, 3.05) is 24.5 Å². The Morgan fingerprint density at radius 2 is 1.76 bits per heavy atom. The molecule has 2 aromatic rings. The van der Waals surface area contributed by atoms with Crippen molar-refractivity contribution in [3.63, 3.8) is 0 Å². The van der Waals surface area contributed by atoms with E-state index in [9.17, 15) is 22.0 Å². The Morgan fingerprint density at radius 3 is 2.45 bits per heavy atom. The number of benzene rings is 2. The highest BCUT2D eigenvalue weighted by atomic mass is 32.2. The van der Waals surface area contributed by atoms with E-state index in [1.54, 1.807) is 6.07 Å². The maximum atomic E-state index is 14.0. The minimum atomic E-state index is -4.18. The highest BCUT2D eigenvalue weighted by Crippen LogP contribution is 2.35. The Balaban J connectivity index is 1.59. The first-order valence-corrected chi connectivity index (χ1v) is 10.8. The van der Waals surface area contributed by atoms with Crippen molar-refractivity contribution >= 4 is 21.6 Å². The SMILES string of the molecule is O=C(O)N1CCC(N2CCc3cc(S(=O)(=O)c4cc(F)ccc4F)ccc32)CC1. The first-order valence-electron chi connectivity index (χ1n) is 9.35. The summed E-state index contributed by atoms with van der Waals surface area (Å²) in [6.45, 7) is 1.65. The van der Waals surface area contributed by atoms with Crippen LogP contribution in [0.1, 0.15) is 18.4 Å². The third kappa shape index (κ3) is 3.55. The molecule has 0 aromatic heterocycles. The molecule has 2 aliphatic heterocycles. The number of likely N-dealkylation sites (tertiary alicyclic amines) is 1. The van der Waals surface area contributed by atoms with Crippen LogP contribution in [-0.2, 0) is 16.3 Å². The van der Waals surface area contributed by atoms with E-state index in [0.717, 1.165) is 23.4 Å². The molecular formula is C20H20F2N2O4S. The highest BCUT2D eigenvalue weighted by Gasteiger charge is 2.32. The molecule has 4 rings (SSSR count). The summed E-state index contributed by atoms with van der Waals surface area (Å²) < 4.78 is 53.1. The second kappa shape index (κ2) is 7.29. The molecule has 1 fully saturated rings. The normalized spacial score (nSPS) is 17.4. The largest absolute Gasteiger partial charge is 0.465 e. The summed E-state index contributed by atoms with van der Waals surface area (Å²) in [5, 5.41) is 9.09. The number of hydrogen-bond acceptors (Lipinski definition) is 4. The molecule has 154 valence electrons. The van der Waals surface area contributed by atoms with Crippen molar-refractivity contribution in [3.05, 3.63) is 53.6 Å². The average Bonchev–Trinajstić information content (AvgIpc) is 3.13. The summed E-state index contributed by atoms with van der Waals surface area (Å²) >= 11 is 0. The number of nitrogens with zero attached hydrogens (tertiary/aromatic N) is 2. The number of carbonyl (C=O) groups is 1. The number of anilines is 1. The predicted molar refractivity (Wildman–Crippen MR) is 102 cm³/mol. The summed E-state index contributed by atoms with van der Waals surface area (Å²) in [4.78, 5) is 13.9. The van der Waals surface area contributed by atoms with Gasteiger partial charge in [0, 0.05) is 31.4 Å². The molecule has 2 aliphatic rings. The molecule has 0 radical (unpaired) electrons. The topological polar surface area (TPSA) is 77.9 Å². The molecule has 0 atom stereocenters. The molecule has 29 heavy (non-hydrogen) atoms. The predicted octanol–water partition coefficient (Wildman–Crippen LogP) is 3.30. The minimum Gasteiger partial charge on any atom is -0.465 e. The Morgan fingerprint density at radius 1 is 1.03 bits per heavy atom. The standard InChI is InChI=1S/C20H20F2N2O4S/c21-14-1-3-17(22)19(12-14)29(27,28)16-2-4-18-13(11-16)5-10-24(18)15-6-8-23(9-7-15)20(25)26/h1-4,11-12,15H,5-10H2,(H,25,26). The van der Waals surface area contributed by atoms with Crippen molar-refractivity contribution in [1.82, 2.24) is 4.90 Å². The van der Waals surface area contributed by atoms with Crippen LogP contribution in [0.3, 0.4) is 0 Å². The van der Waals surface area contributed by atoms with Crippen molar-refractivity contribution in [2.24, 2.45) is 0 Å². The van der Waals surface area contributed by atoms with Crippen LogP contribution in [0.15, 0.2) is 46.2 Å². The Bertz CT molecular complexity index is 1070. The lowest BCUT2D eigenvalue weighted by atomic mass is 10.0. The summed E-state index contributed by atoms with van der Waals surface area (Å²) in [7, 11) is -4.18. The molecule has 0 saturated carbocycles. The van der Waals surface area contributed by atoms with Gasteiger partial charge in [0.15, 0.2) is 0 Å². The van der Waals surface area contributed by atoms with Crippen LogP contribution in [0, 0.1) is 11.6 Å². The number of fused-ring (bicyclic) bond motifs is 1. The molecule has 0 unspecified atom stereocenters. The molecule has 1 amide bonds. The van der Waals surface area contributed by atoms with Gasteiger partial charge in [-0.05, 0) is 61.2 Å². The zero-order valence-corrected chi connectivity index (χ0v) is 16.3. The molecule has 6 nitrogen and oxygen atoms in total. The van der Waals surface area contributed by atoms with E-state index in [2.05, 4.69) is 4.90 Å². The van der Waals surface area contributed by atoms with E-state index in [-0.39, 0.29) is 10.9 Å². The first-order chi connectivity index (χ1) is 13.8. The van der Waals surface area contributed by atoms with Crippen LogP contribution < -0.4 is 4.90 Å². The lowest BCUT2D eigenvalue weighted by Crippen LogP contribution is -2.46. The summed E-state index contributed by atoms with van der Waals surface area (Å²) in [6.07, 6.45) is 1.15. The summed E-state index contributed by atoms with van der Waals surface area (Å²) in [5.74, 6) is -1.80. The smallest absolute Gasteiger partial charge is 0.407 e. The Kier molecular flexibility index (Phi) is 4.94. The zero-order chi connectivity index (χ0) is 20.8. The van der Waals surface area contributed by atoms with E-state index in [0.29, 0.717) is 45.0 Å². The van der Waals surface area contributed by atoms with Gasteiger partial charge in [-0.2, -0.15) is 0 Å². The van der Waals surface area contributed by atoms with Crippen LogP contribution in [0.5, 0.6) is 0 Å². The summed E-state index contributed by atoms with van der Waals surface area (Å²) in [5.41, 5.74) is 1.75. The molecular weight excluding hydrogens is 402 g/mol. The van der Waals surface area contributed by atoms with Crippen LogP contribution in [0.25, 0.3) is 0 Å². The van der Waals surface area contributed by atoms with Crippen molar-refractivity contribution in [1.29, 1.82) is 0 Å². The van der Waals surface area contributed by atoms with Gasteiger partial charge >= 0.3 is 6.09 Å². The van der Waals surface area contributed by atoms with Gasteiger partial charge in [0.2, 0.25) is 9.84 Å². The third-order valence-electron chi connectivity index (χ3n) is 5.65. The molecule has 0 spiro atoms. The van der Waals surface area contributed by atoms with Gasteiger partial charge in [-0.25, -0.2) is 22.0 Å². The fourth-order valence-electron chi connectivity index (χ4n) is 4.13. The zero-order valence-electron chi connectivity index (χ0n) is 15.5. The van der Waals surface area contributed by atoms with Gasteiger partial charge in [-0.15, -0.1) is 0 Å². The molecule has 9 heteroatoms. The van der Waals surface area contributed by atoms with Gasteiger partial charge in [-0.3, -0.25) is 0 Å². The molecule has 1 saturated heterocycles.